The van der Waals surface area contributed by atoms with Crippen LogP contribution in [0.25, 0.3) is 5.57 Å². The molecule has 25 heavy (non-hydrogen) atoms. The third-order valence-electron chi connectivity index (χ3n) is 4.89. The molecule has 0 saturated carbocycles. The minimum Gasteiger partial charge on any atom is -0.252 e. The van der Waals surface area contributed by atoms with E-state index in [4.69, 9.17) is 0 Å². The molecule has 0 fully saturated rings. The molecule has 0 saturated heterocycles. The van der Waals surface area contributed by atoms with Crippen LogP contribution in [0.15, 0.2) is 71.9 Å². The molecule has 0 spiro atoms. The van der Waals surface area contributed by atoms with Crippen molar-refractivity contribution in [2.75, 3.05) is 5.75 Å². The second kappa shape index (κ2) is 6.89. The maximum absolute atomic E-state index is 13.3. The van der Waals surface area contributed by atoms with Gasteiger partial charge in [-0.05, 0) is 40.9 Å². The highest BCUT2D eigenvalue weighted by Crippen LogP contribution is 2.46. The Morgan fingerprint density at radius 2 is 1.76 bits per heavy atom. The molecule has 2 aromatic rings. The van der Waals surface area contributed by atoms with E-state index in [1.54, 1.807) is 36.3 Å². The van der Waals surface area contributed by atoms with Crippen molar-refractivity contribution >= 4 is 27.4 Å². The van der Waals surface area contributed by atoms with E-state index in [-0.39, 0.29) is 5.92 Å². The van der Waals surface area contributed by atoms with Gasteiger partial charge in [-0.1, -0.05) is 56.3 Å². The van der Waals surface area contributed by atoms with Crippen molar-refractivity contribution < 1.29 is 8.42 Å². The molecule has 1 aromatic heterocycles. The molecule has 0 N–H and O–H groups in total. The average Bonchev–Trinajstić information content (AvgIpc) is 3.15. The van der Waals surface area contributed by atoms with E-state index in [0.717, 1.165) is 21.8 Å². The predicted octanol–water partition coefficient (Wildman–Crippen LogP) is 4.80. The van der Waals surface area contributed by atoms with Gasteiger partial charge in [-0.3, -0.25) is 3.97 Å². The van der Waals surface area contributed by atoms with Crippen LogP contribution in [0.4, 0.5) is 0 Å². The van der Waals surface area contributed by atoms with Crippen molar-refractivity contribution in [2.45, 2.75) is 25.5 Å². The SMILES string of the molecule is CCSC1=C(c2ccccc2)C=CC(C)(S(=O)(=O)n2cccc2)C1C. The zero-order chi connectivity index (χ0) is 18.1. The van der Waals surface area contributed by atoms with Crippen LogP contribution in [-0.2, 0) is 10.0 Å². The topological polar surface area (TPSA) is 39.1 Å². The van der Waals surface area contributed by atoms with Gasteiger partial charge in [-0.25, -0.2) is 8.42 Å². The number of nitrogens with zero attached hydrogens (tertiary/aromatic N) is 1. The number of benzene rings is 1. The molecule has 1 heterocycles. The summed E-state index contributed by atoms with van der Waals surface area (Å²) in [7, 11) is -3.54. The summed E-state index contributed by atoms with van der Waals surface area (Å²) >= 11 is 1.73. The average molecular weight is 374 g/mol. The Morgan fingerprint density at radius 1 is 1.12 bits per heavy atom. The first-order chi connectivity index (χ1) is 11.9. The summed E-state index contributed by atoms with van der Waals surface area (Å²) in [5, 5.41) is 0. The minimum atomic E-state index is -3.54. The molecular weight excluding hydrogens is 350 g/mol. The van der Waals surface area contributed by atoms with Gasteiger partial charge in [0.2, 0.25) is 10.0 Å². The zero-order valence-electron chi connectivity index (χ0n) is 14.7. The second-order valence-corrected chi connectivity index (χ2v) is 9.89. The first kappa shape index (κ1) is 18.1. The molecule has 5 heteroatoms. The molecular formula is C20H23NO2S2. The Balaban J connectivity index is 2.11. The van der Waals surface area contributed by atoms with Crippen molar-refractivity contribution in [1.82, 2.24) is 3.97 Å². The van der Waals surface area contributed by atoms with E-state index < -0.39 is 14.8 Å². The summed E-state index contributed by atoms with van der Waals surface area (Å²) in [6.45, 7) is 5.94. The molecule has 3 nitrogen and oxygen atoms in total. The van der Waals surface area contributed by atoms with Gasteiger partial charge in [0.05, 0.1) is 0 Å². The van der Waals surface area contributed by atoms with E-state index in [1.807, 2.05) is 44.2 Å². The molecule has 132 valence electrons. The molecule has 2 unspecified atom stereocenters. The Hall–Kier alpha value is -1.72. The molecule has 1 aromatic carbocycles. The third kappa shape index (κ3) is 3.00. The first-order valence-electron chi connectivity index (χ1n) is 8.41. The summed E-state index contributed by atoms with van der Waals surface area (Å²) in [5.74, 6) is 0.772. The smallest absolute Gasteiger partial charge is 0.248 e. The Morgan fingerprint density at radius 3 is 2.36 bits per heavy atom. The minimum absolute atomic E-state index is 0.134. The molecule has 2 atom stereocenters. The standard InChI is InChI=1S/C20H23NO2S2/c1-4-24-19-16(2)20(3,25(22,23)21-14-8-9-15-21)13-12-18(19)17-10-6-5-7-11-17/h5-16H,4H2,1-3H3. The summed E-state index contributed by atoms with van der Waals surface area (Å²) in [6, 6.07) is 13.7. The van der Waals surface area contributed by atoms with Gasteiger partial charge in [0.15, 0.2) is 0 Å². The number of hydrogen-bond donors (Lipinski definition) is 0. The maximum atomic E-state index is 13.3. The maximum Gasteiger partial charge on any atom is 0.248 e. The molecule has 1 aliphatic carbocycles. The lowest BCUT2D eigenvalue weighted by molar-refractivity contribution is 0.504. The second-order valence-electron chi connectivity index (χ2n) is 6.33. The van der Waals surface area contributed by atoms with Gasteiger partial charge in [0, 0.05) is 18.3 Å². The Labute approximate surface area is 154 Å². The number of hydrogen-bond acceptors (Lipinski definition) is 3. The van der Waals surface area contributed by atoms with E-state index in [9.17, 15) is 8.42 Å². The van der Waals surface area contributed by atoms with Crippen molar-refractivity contribution in [1.29, 1.82) is 0 Å². The van der Waals surface area contributed by atoms with Gasteiger partial charge in [0.25, 0.3) is 0 Å². The highest BCUT2D eigenvalue weighted by atomic mass is 32.2. The van der Waals surface area contributed by atoms with Crippen LogP contribution in [-0.4, -0.2) is 22.9 Å². The van der Waals surface area contributed by atoms with Crippen molar-refractivity contribution in [3.8, 4) is 0 Å². The number of rotatable bonds is 5. The molecule has 0 radical (unpaired) electrons. The Bertz CT molecular complexity index is 896. The normalized spacial score (nSPS) is 23.9. The van der Waals surface area contributed by atoms with Gasteiger partial charge in [-0.2, -0.15) is 0 Å². The van der Waals surface area contributed by atoms with Crippen molar-refractivity contribution in [3.63, 3.8) is 0 Å². The molecule has 0 bridgehead atoms. The van der Waals surface area contributed by atoms with Crippen LogP contribution < -0.4 is 0 Å². The van der Waals surface area contributed by atoms with Crippen LogP contribution in [0.3, 0.4) is 0 Å². The molecule has 1 aliphatic rings. The molecule has 3 rings (SSSR count). The zero-order valence-corrected chi connectivity index (χ0v) is 16.3. The summed E-state index contributed by atoms with van der Waals surface area (Å²) in [5.41, 5.74) is 2.25. The van der Waals surface area contributed by atoms with Crippen LogP contribution in [0, 0.1) is 5.92 Å². The van der Waals surface area contributed by atoms with Gasteiger partial charge in [0.1, 0.15) is 4.75 Å². The lowest BCUT2D eigenvalue weighted by Crippen LogP contribution is -2.44. The van der Waals surface area contributed by atoms with Gasteiger partial charge in [-0.15, -0.1) is 11.8 Å². The molecule has 0 aliphatic heterocycles. The van der Waals surface area contributed by atoms with Crippen LogP contribution >= 0.6 is 11.8 Å². The van der Waals surface area contributed by atoms with Gasteiger partial charge >= 0.3 is 0 Å². The monoisotopic (exact) mass is 373 g/mol. The van der Waals surface area contributed by atoms with Crippen LogP contribution in [0.1, 0.15) is 26.3 Å². The number of aromatic nitrogens is 1. The summed E-state index contributed by atoms with van der Waals surface area (Å²) in [4.78, 5) is 1.13. The summed E-state index contributed by atoms with van der Waals surface area (Å²) in [6.07, 6.45) is 7.04. The number of thioether (sulfide) groups is 1. The predicted molar refractivity (Wildman–Crippen MR) is 107 cm³/mol. The van der Waals surface area contributed by atoms with Crippen LogP contribution in [0.5, 0.6) is 0 Å². The highest BCUT2D eigenvalue weighted by molar-refractivity contribution is 8.03. The van der Waals surface area contributed by atoms with E-state index >= 15 is 0 Å². The third-order valence-corrected chi connectivity index (χ3v) is 8.47. The molecule has 0 amide bonds. The summed E-state index contributed by atoms with van der Waals surface area (Å²) < 4.78 is 26.9. The first-order valence-corrected chi connectivity index (χ1v) is 10.8. The fraction of sp³-hybridized carbons (Fsp3) is 0.300. The van der Waals surface area contributed by atoms with E-state index in [1.165, 1.54) is 3.97 Å². The lowest BCUT2D eigenvalue weighted by atomic mass is 9.85. The van der Waals surface area contributed by atoms with Crippen molar-refractivity contribution in [3.05, 3.63) is 77.5 Å². The van der Waals surface area contributed by atoms with E-state index in [0.29, 0.717) is 0 Å². The quantitative estimate of drug-likeness (QED) is 0.756. The fourth-order valence-electron chi connectivity index (χ4n) is 3.20. The van der Waals surface area contributed by atoms with Gasteiger partial charge < -0.3 is 0 Å². The largest absolute Gasteiger partial charge is 0.252 e. The number of allylic oxidation sites excluding steroid dienone is 3. The fourth-order valence-corrected chi connectivity index (χ4v) is 6.14. The van der Waals surface area contributed by atoms with E-state index in [2.05, 4.69) is 19.1 Å². The van der Waals surface area contributed by atoms with Crippen molar-refractivity contribution in [2.24, 2.45) is 5.92 Å². The highest BCUT2D eigenvalue weighted by Gasteiger charge is 2.46. The Kier molecular flexibility index (Phi) is 4.98. The lowest BCUT2D eigenvalue weighted by Gasteiger charge is -2.37. The van der Waals surface area contributed by atoms with Crippen LogP contribution in [0.2, 0.25) is 0 Å².